The van der Waals surface area contributed by atoms with E-state index >= 15 is 0 Å². The van der Waals surface area contributed by atoms with Crippen molar-refractivity contribution < 1.29 is 77.5 Å². The SMILES string of the molecule is F[B-](F)(F)c1cc(C(F)(F)F)sc1Cl.[K+]. The maximum absolute atomic E-state index is 12.1. The van der Waals surface area contributed by atoms with E-state index in [1.54, 1.807) is 0 Å². The molecule has 0 aliphatic heterocycles. The molecule has 10 heteroatoms. The van der Waals surface area contributed by atoms with Gasteiger partial charge in [0.2, 0.25) is 0 Å². The van der Waals surface area contributed by atoms with Crippen molar-refractivity contribution in [1.82, 2.24) is 0 Å². The molecule has 1 heterocycles. The van der Waals surface area contributed by atoms with Crippen LogP contribution in [-0.2, 0) is 6.18 Å². The first-order valence-corrected chi connectivity index (χ1v) is 4.38. The molecule has 0 saturated heterocycles. The van der Waals surface area contributed by atoms with Crippen LogP contribution in [0, 0.1) is 0 Å². The van der Waals surface area contributed by atoms with Gasteiger partial charge in [-0.2, -0.15) is 13.2 Å². The second-order valence-corrected chi connectivity index (χ2v) is 4.07. The van der Waals surface area contributed by atoms with Gasteiger partial charge in [-0.25, -0.2) is 0 Å². The maximum atomic E-state index is 12.1. The van der Waals surface area contributed by atoms with Crippen LogP contribution in [0.3, 0.4) is 0 Å². The maximum Gasteiger partial charge on any atom is 1.00 e. The Morgan fingerprint density at radius 2 is 1.67 bits per heavy atom. The number of hydrogen-bond acceptors (Lipinski definition) is 1. The summed E-state index contributed by atoms with van der Waals surface area (Å²) in [6.07, 6.45) is -4.78. The fraction of sp³-hybridized carbons (Fsp3) is 0.200. The van der Waals surface area contributed by atoms with Gasteiger partial charge in [-0.3, -0.25) is 0 Å². The van der Waals surface area contributed by atoms with E-state index in [9.17, 15) is 26.1 Å². The number of alkyl halides is 3. The molecule has 0 atom stereocenters. The zero-order valence-electron chi connectivity index (χ0n) is 7.21. The van der Waals surface area contributed by atoms with E-state index in [-0.39, 0.29) is 68.8 Å². The van der Waals surface area contributed by atoms with E-state index in [1.807, 2.05) is 0 Å². The Kier molecular flexibility index (Phi) is 5.73. The van der Waals surface area contributed by atoms with E-state index < -0.39 is 27.8 Å². The topological polar surface area (TPSA) is 0 Å². The van der Waals surface area contributed by atoms with E-state index in [1.165, 1.54) is 0 Å². The minimum absolute atomic E-state index is 0. The average Bonchev–Trinajstić information content (AvgIpc) is 2.27. The normalized spacial score (nSPS) is 12.5. The molecule has 1 aromatic rings. The van der Waals surface area contributed by atoms with Gasteiger partial charge in [-0.05, 0) is 0 Å². The van der Waals surface area contributed by atoms with Gasteiger partial charge < -0.3 is 12.9 Å². The van der Waals surface area contributed by atoms with Crippen molar-refractivity contribution in [3.05, 3.63) is 15.3 Å². The first-order chi connectivity index (χ1) is 6.12. The second-order valence-electron chi connectivity index (χ2n) is 2.41. The van der Waals surface area contributed by atoms with Gasteiger partial charge in [-0.1, -0.05) is 23.1 Å². The third-order valence-electron chi connectivity index (χ3n) is 1.35. The largest absolute Gasteiger partial charge is 1.00 e. The van der Waals surface area contributed by atoms with Crippen LogP contribution in [0.5, 0.6) is 0 Å². The monoisotopic (exact) mass is 292 g/mol. The Hall–Kier alpha value is 1.27. The van der Waals surface area contributed by atoms with Crippen LogP contribution in [0.1, 0.15) is 4.88 Å². The van der Waals surface area contributed by atoms with Crippen molar-refractivity contribution in [3.63, 3.8) is 0 Å². The van der Waals surface area contributed by atoms with Gasteiger partial charge in [0.25, 0.3) is 0 Å². The molecule has 0 nitrogen and oxygen atoms in total. The number of halogens is 7. The van der Waals surface area contributed by atoms with Crippen LogP contribution in [-0.4, -0.2) is 6.98 Å². The van der Waals surface area contributed by atoms with Crippen molar-refractivity contribution in [1.29, 1.82) is 0 Å². The smallest absolute Gasteiger partial charge is 0.445 e. The van der Waals surface area contributed by atoms with Gasteiger partial charge in [0.1, 0.15) is 4.88 Å². The Balaban J connectivity index is 0.00000196. The zero-order chi connectivity index (χ0) is 11.1. The molecule has 1 aromatic heterocycles. The molecule has 0 saturated carbocycles. The second kappa shape index (κ2) is 5.28. The van der Waals surface area contributed by atoms with Crippen LogP contribution in [0.4, 0.5) is 26.1 Å². The minimum atomic E-state index is -5.48. The fourth-order valence-electron chi connectivity index (χ4n) is 0.746. The summed E-state index contributed by atoms with van der Waals surface area (Å²) in [6, 6.07) is 0.0347. The molecule has 0 unspecified atom stereocenters. The average molecular weight is 292 g/mol. The quantitative estimate of drug-likeness (QED) is 0.522. The van der Waals surface area contributed by atoms with Crippen molar-refractivity contribution >= 4 is 35.4 Å². The van der Waals surface area contributed by atoms with Crippen LogP contribution in [0.15, 0.2) is 6.07 Å². The van der Waals surface area contributed by atoms with Gasteiger partial charge in [0, 0.05) is 0 Å². The summed E-state index contributed by atoms with van der Waals surface area (Å²) in [5.41, 5.74) is -1.39. The molecule has 0 aromatic carbocycles. The molecule has 0 amide bonds. The summed E-state index contributed by atoms with van der Waals surface area (Å²) in [7, 11) is 0. The molecular formula is C5HBClF6KS. The van der Waals surface area contributed by atoms with E-state index in [0.717, 1.165) is 0 Å². The predicted molar refractivity (Wildman–Crippen MR) is 43.0 cm³/mol. The zero-order valence-corrected chi connectivity index (χ0v) is 11.9. The Morgan fingerprint density at radius 1 is 1.20 bits per heavy atom. The summed E-state index contributed by atoms with van der Waals surface area (Å²) in [5.74, 6) is 0. The molecule has 0 bridgehead atoms. The Bertz CT molecular complexity index is 344. The summed E-state index contributed by atoms with van der Waals surface area (Å²) in [5, 5.41) is 0. The van der Waals surface area contributed by atoms with Gasteiger partial charge in [0.05, 0.1) is 4.34 Å². The summed E-state index contributed by atoms with van der Waals surface area (Å²) in [4.78, 5) is -1.34. The molecular weight excluding hydrogens is 291 g/mol. The molecule has 0 N–H and O–H groups in total. The van der Waals surface area contributed by atoms with Crippen molar-refractivity contribution in [2.45, 2.75) is 6.18 Å². The number of thiophene rings is 1. The predicted octanol–water partition coefficient (Wildman–Crippen LogP) is 0.479. The molecule has 1 rings (SSSR count). The molecule has 0 aliphatic rings. The minimum Gasteiger partial charge on any atom is -0.445 e. The molecule has 80 valence electrons. The van der Waals surface area contributed by atoms with Crippen LogP contribution >= 0.6 is 22.9 Å². The van der Waals surface area contributed by atoms with Gasteiger partial charge >= 0.3 is 64.5 Å². The Morgan fingerprint density at radius 3 is 1.87 bits per heavy atom. The molecule has 15 heavy (non-hydrogen) atoms. The summed E-state index contributed by atoms with van der Waals surface area (Å²) in [6.45, 7) is -5.48. The van der Waals surface area contributed by atoms with Gasteiger partial charge in [0.15, 0.2) is 0 Å². The third-order valence-corrected chi connectivity index (χ3v) is 2.78. The number of rotatable bonds is 1. The summed E-state index contributed by atoms with van der Waals surface area (Å²) < 4.78 is 71.2. The third kappa shape index (κ3) is 4.21. The van der Waals surface area contributed by atoms with Crippen LogP contribution < -0.4 is 56.8 Å². The molecule has 0 fully saturated rings. The summed E-state index contributed by atoms with van der Waals surface area (Å²) >= 11 is 4.93. The number of hydrogen-bond donors (Lipinski definition) is 0. The molecule has 0 spiro atoms. The fourth-order valence-corrected chi connectivity index (χ4v) is 1.98. The first kappa shape index (κ1) is 16.3. The molecule has 0 aliphatic carbocycles. The van der Waals surface area contributed by atoms with Crippen molar-refractivity contribution in [2.24, 2.45) is 0 Å². The van der Waals surface area contributed by atoms with E-state index in [0.29, 0.717) is 0 Å². The van der Waals surface area contributed by atoms with Crippen molar-refractivity contribution in [2.75, 3.05) is 0 Å². The van der Waals surface area contributed by atoms with Gasteiger partial charge in [-0.15, -0.1) is 11.3 Å². The van der Waals surface area contributed by atoms with Crippen molar-refractivity contribution in [3.8, 4) is 0 Å². The van der Waals surface area contributed by atoms with E-state index in [4.69, 9.17) is 11.6 Å². The standard InChI is InChI=1S/C5HBClF6S.K/c7-4-2(6(11,12)13)1-3(14-4)5(8,9)10;/h1H;/q-1;+1. The molecule has 0 radical (unpaired) electrons. The Labute approximate surface area is 132 Å². The van der Waals surface area contributed by atoms with Crippen LogP contribution in [0.25, 0.3) is 0 Å². The first-order valence-electron chi connectivity index (χ1n) is 3.18. The van der Waals surface area contributed by atoms with Crippen LogP contribution in [0.2, 0.25) is 4.34 Å². The van der Waals surface area contributed by atoms with E-state index in [2.05, 4.69) is 0 Å².